The van der Waals surface area contributed by atoms with Crippen molar-refractivity contribution in [3.63, 3.8) is 0 Å². The van der Waals surface area contributed by atoms with Crippen molar-refractivity contribution >= 4 is 15.9 Å². The van der Waals surface area contributed by atoms with Crippen molar-refractivity contribution in [3.8, 4) is 0 Å². The summed E-state index contributed by atoms with van der Waals surface area (Å²) in [5, 5.41) is 13.5. The number of hydrogen-bond donors (Lipinski definition) is 2. The highest BCUT2D eigenvalue weighted by molar-refractivity contribution is 9.10. The molecule has 17 heavy (non-hydrogen) atoms. The van der Waals surface area contributed by atoms with Crippen LogP contribution >= 0.6 is 15.9 Å². The largest absolute Gasteiger partial charge is 0.392 e. The van der Waals surface area contributed by atoms with Gasteiger partial charge in [-0.2, -0.15) is 0 Å². The van der Waals surface area contributed by atoms with Gasteiger partial charge in [-0.05, 0) is 37.5 Å². The van der Waals surface area contributed by atoms with E-state index in [1.54, 1.807) is 0 Å². The Hall–Kier alpha value is -0.380. The Morgan fingerprint density at radius 1 is 1.24 bits per heavy atom. The van der Waals surface area contributed by atoms with E-state index in [1.807, 2.05) is 0 Å². The third kappa shape index (κ3) is 3.54. The van der Waals surface area contributed by atoms with Crippen LogP contribution in [0.2, 0.25) is 0 Å². The first kappa shape index (κ1) is 13.1. The van der Waals surface area contributed by atoms with E-state index in [2.05, 4.69) is 52.4 Å². The van der Waals surface area contributed by atoms with Crippen LogP contribution in [-0.2, 0) is 0 Å². The Labute approximate surface area is 112 Å². The number of rotatable bonds is 3. The molecule has 2 rings (SSSR count). The second kappa shape index (κ2) is 5.98. The molecule has 1 aromatic rings. The zero-order valence-electron chi connectivity index (χ0n) is 10.2. The molecule has 1 aromatic carbocycles. The van der Waals surface area contributed by atoms with Gasteiger partial charge >= 0.3 is 0 Å². The van der Waals surface area contributed by atoms with Gasteiger partial charge in [0.1, 0.15) is 0 Å². The topological polar surface area (TPSA) is 32.3 Å². The first-order chi connectivity index (χ1) is 8.16. The maximum atomic E-state index is 9.94. The summed E-state index contributed by atoms with van der Waals surface area (Å²) in [6, 6.07) is 8.91. The summed E-state index contributed by atoms with van der Waals surface area (Å²) in [6.07, 6.45) is 4.22. The van der Waals surface area contributed by atoms with Gasteiger partial charge in [0.25, 0.3) is 0 Å². The van der Waals surface area contributed by atoms with E-state index >= 15 is 0 Å². The second-order valence-electron chi connectivity index (χ2n) is 4.90. The number of aliphatic hydroxyl groups is 1. The lowest BCUT2D eigenvalue weighted by Gasteiger charge is -2.31. The zero-order valence-corrected chi connectivity index (χ0v) is 11.8. The molecule has 0 bridgehead atoms. The summed E-state index contributed by atoms with van der Waals surface area (Å²) in [5.41, 5.74) is 1.27. The molecule has 0 aromatic heterocycles. The van der Waals surface area contributed by atoms with Crippen molar-refractivity contribution < 1.29 is 5.11 Å². The molecule has 1 aliphatic rings. The molecule has 3 unspecified atom stereocenters. The first-order valence-corrected chi connectivity index (χ1v) is 7.15. The molecule has 2 nitrogen and oxygen atoms in total. The van der Waals surface area contributed by atoms with Gasteiger partial charge in [-0.25, -0.2) is 0 Å². The number of aliphatic hydroxyl groups excluding tert-OH is 1. The van der Waals surface area contributed by atoms with Crippen molar-refractivity contribution in [2.24, 2.45) is 0 Å². The van der Waals surface area contributed by atoms with E-state index in [-0.39, 0.29) is 12.1 Å². The molecule has 1 saturated carbocycles. The summed E-state index contributed by atoms with van der Waals surface area (Å²) < 4.78 is 1.10. The zero-order chi connectivity index (χ0) is 12.3. The smallest absolute Gasteiger partial charge is 0.0693 e. The highest BCUT2D eigenvalue weighted by Crippen LogP contribution is 2.22. The Balaban J connectivity index is 1.95. The Kier molecular flexibility index (Phi) is 4.60. The molecule has 3 heteroatoms. The summed E-state index contributed by atoms with van der Waals surface area (Å²) in [7, 11) is 0. The van der Waals surface area contributed by atoms with Crippen molar-refractivity contribution in [3.05, 3.63) is 34.3 Å². The monoisotopic (exact) mass is 297 g/mol. The van der Waals surface area contributed by atoms with E-state index in [1.165, 1.54) is 12.0 Å². The van der Waals surface area contributed by atoms with Gasteiger partial charge in [-0.15, -0.1) is 0 Å². The SMILES string of the molecule is CC(NC1CCCCC1O)c1ccc(Br)cc1. The summed E-state index contributed by atoms with van der Waals surface area (Å²) >= 11 is 3.44. The standard InChI is InChI=1S/C14H20BrNO/c1-10(11-6-8-12(15)9-7-11)16-13-4-2-3-5-14(13)17/h6-10,13-14,16-17H,2-5H2,1H3. The van der Waals surface area contributed by atoms with Crippen molar-refractivity contribution in [2.75, 3.05) is 0 Å². The van der Waals surface area contributed by atoms with Crippen molar-refractivity contribution in [1.82, 2.24) is 5.32 Å². The number of benzene rings is 1. The molecule has 0 spiro atoms. The van der Waals surface area contributed by atoms with Gasteiger partial charge in [-0.1, -0.05) is 40.9 Å². The molecule has 0 radical (unpaired) electrons. The average Bonchev–Trinajstić information content (AvgIpc) is 2.33. The van der Waals surface area contributed by atoms with E-state index in [9.17, 15) is 5.11 Å². The Morgan fingerprint density at radius 3 is 2.53 bits per heavy atom. The lowest BCUT2D eigenvalue weighted by Crippen LogP contribution is -2.43. The van der Waals surface area contributed by atoms with Gasteiger partial charge in [0.05, 0.1) is 6.10 Å². The molecule has 3 atom stereocenters. The third-order valence-electron chi connectivity index (χ3n) is 3.56. The van der Waals surface area contributed by atoms with Gasteiger partial charge in [-0.3, -0.25) is 0 Å². The van der Waals surface area contributed by atoms with Gasteiger partial charge in [0.2, 0.25) is 0 Å². The normalized spacial score (nSPS) is 26.8. The van der Waals surface area contributed by atoms with Crippen LogP contribution < -0.4 is 5.32 Å². The van der Waals surface area contributed by atoms with Crippen molar-refractivity contribution in [1.29, 1.82) is 0 Å². The van der Waals surface area contributed by atoms with E-state index in [0.29, 0.717) is 6.04 Å². The van der Waals surface area contributed by atoms with E-state index in [4.69, 9.17) is 0 Å². The lowest BCUT2D eigenvalue weighted by atomic mass is 9.91. The minimum atomic E-state index is -0.179. The Bertz CT molecular complexity index is 352. The maximum absolute atomic E-state index is 9.94. The van der Waals surface area contributed by atoms with Crippen LogP contribution in [0, 0.1) is 0 Å². The molecule has 0 heterocycles. The molecular weight excluding hydrogens is 278 g/mol. The van der Waals surface area contributed by atoms with Crippen LogP contribution in [0.5, 0.6) is 0 Å². The van der Waals surface area contributed by atoms with Crippen LogP contribution in [0.4, 0.5) is 0 Å². The van der Waals surface area contributed by atoms with Crippen molar-refractivity contribution in [2.45, 2.75) is 50.8 Å². The average molecular weight is 298 g/mol. The highest BCUT2D eigenvalue weighted by Gasteiger charge is 2.24. The number of nitrogens with one attached hydrogen (secondary N) is 1. The predicted molar refractivity (Wildman–Crippen MR) is 74.0 cm³/mol. The Morgan fingerprint density at radius 2 is 1.88 bits per heavy atom. The number of hydrogen-bond acceptors (Lipinski definition) is 2. The van der Waals surface area contributed by atoms with Gasteiger partial charge in [0, 0.05) is 16.6 Å². The minimum Gasteiger partial charge on any atom is -0.392 e. The fourth-order valence-corrected chi connectivity index (χ4v) is 2.74. The molecule has 0 amide bonds. The fourth-order valence-electron chi connectivity index (χ4n) is 2.47. The lowest BCUT2D eigenvalue weighted by molar-refractivity contribution is 0.0860. The summed E-state index contributed by atoms with van der Waals surface area (Å²) in [6.45, 7) is 2.16. The second-order valence-corrected chi connectivity index (χ2v) is 5.81. The highest BCUT2D eigenvalue weighted by atomic mass is 79.9. The minimum absolute atomic E-state index is 0.179. The molecule has 0 aliphatic heterocycles. The molecule has 2 N–H and O–H groups in total. The summed E-state index contributed by atoms with van der Waals surface area (Å²) in [5.74, 6) is 0. The van der Waals surface area contributed by atoms with Crippen LogP contribution in [0.1, 0.15) is 44.2 Å². The maximum Gasteiger partial charge on any atom is 0.0693 e. The molecular formula is C14H20BrNO. The predicted octanol–water partition coefficient (Wildman–Crippen LogP) is 3.40. The molecule has 0 saturated heterocycles. The molecule has 1 fully saturated rings. The third-order valence-corrected chi connectivity index (χ3v) is 4.09. The van der Waals surface area contributed by atoms with E-state index in [0.717, 1.165) is 23.7 Å². The quantitative estimate of drug-likeness (QED) is 0.896. The van der Waals surface area contributed by atoms with Crippen LogP contribution in [0.25, 0.3) is 0 Å². The summed E-state index contributed by atoms with van der Waals surface area (Å²) in [4.78, 5) is 0. The molecule has 94 valence electrons. The number of halogens is 1. The van der Waals surface area contributed by atoms with Crippen LogP contribution in [0.15, 0.2) is 28.7 Å². The van der Waals surface area contributed by atoms with Gasteiger partial charge < -0.3 is 10.4 Å². The van der Waals surface area contributed by atoms with Crippen LogP contribution in [-0.4, -0.2) is 17.3 Å². The van der Waals surface area contributed by atoms with Crippen LogP contribution in [0.3, 0.4) is 0 Å². The van der Waals surface area contributed by atoms with Gasteiger partial charge in [0.15, 0.2) is 0 Å². The van der Waals surface area contributed by atoms with E-state index < -0.39 is 0 Å². The molecule has 1 aliphatic carbocycles. The fraction of sp³-hybridized carbons (Fsp3) is 0.571. The first-order valence-electron chi connectivity index (χ1n) is 6.36.